The fourth-order valence-corrected chi connectivity index (χ4v) is 4.70. The predicted molar refractivity (Wildman–Crippen MR) is 133 cm³/mol. The molecular formula is C25H31N5O4S. The molecule has 3 unspecified atom stereocenters. The summed E-state index contributed by atoms with van der Waals surface area (Å²) in [5.41, 5.74) is 3.81. The predicted octanol–water partition coefficient (Wildman–Crippen LogP) is 3.46. The summed E-state index contributed by atoms with van der Waals surface area (Å²) in [5, 5.41) is 23.9. The zero-order valence-corrected chi connectivity index (χ0v) is 20.7. The van der Waals surface area contributed by atoms with E-state index in [0.717, 1.165) is 27.4 Å². The van der Waals surface area contributed by atoms with E-state index in [1.807, 2.05) is 67.1 Å². The van der Waals surface area contributed by atoms with Crippen LogP contribution in [0.15, 0.2) is 60.0 Å². The van der Waals surface area contributed by atoms with Crippen LogP contribution >= 0.6 is 11.8 Å². The quantitative estimate of drug-likeness (QED) is 0.388. The van der Waals surface area contributed by atoms with Gasteiger partial charge in [0.15, 0.2) is 11.4 Å². The molecule has 10 heteroatoms. The highest BCUT2D eigenvalue weighted by molar-refractivity contribution is 7.99. The molecule has 0 bridgehead atoms. The van der Waals surface area contributed by atoms with E-state index in [1.54, 1.807) is 18.1 Å². The molecular weight excluding hydrogens is 466 g/mol. The Morgan fingerprint density at radius 1 is 1.09 bits per heavy atom. The zero-order chi connectivity index (χ0) is 24.6. The number of aromatic nitrogens is 3. The molecule has 1 aliphatic heterocycles. The van der Waals surface area contributed by atoms with Gasteiger partial charge in [0.05, 0.1) is 18.8 Å². The first-order valence-electron chi connectivity index (χ1n) is 11.6. The number of hydrogen-bond acceptors (Lipinski definition) is 7. The van der Waals surface area contributed by atoms with Crippen LogP contribution in [0.1, 0.15) is 48.0 Å². The fraction of sp³-hybridized carbons (Fsp3) is 0.400. The topological polar surface area (TPSA) is 111 Å². The zero-order valence-electron chi connectivity index (χ0n) is 19.9. The van der Waals surface area contributed by atoms with Crippen LogP contribution in [0.5, 0.6) is 0 Å². The number of nitrogens with zero attached hydrogens (tertiary/aromatic N) is 3. The SMILES string of the molecule is CCNC(=O)NCc1ccc(C2OC(CSc3nncn3C)CC(c3ccc(CO)cc3)O2)cc1. The first-order valence-corrected chi connectivity index (χ1v) is 12.6. The largest absolute Gasteiger partial charge is 0.392 e. The maximum absolute atomic E-state index is 11.7. The second kappa shape index (κ2) is 12.2. The van der Waals surface area contributed by atoms with Gasteiger partial charge >= 0.3 is 6.03 Å². The van der Waals surface area contributed by atoms with Crippen molar-refractivity contribution < 1.29 is 19.4 Å². The number of aryl methyl sites for hydroxylation is 1. The molecule has 1 aromatic heterocycles. The molecule has 0 aliphatic carbocycles. The Hall–Kier alpha value is -2.92. The fourth-order valence-electron chi connectivity index (χ4n) is 3.79. The van der Waals surface area contributed by atoms with Crippen LogP contribution in [0, 0.1) is 0 Å². The minimum absolute atomic E-state index is 0.00974. The average Bonchev–Trinajstić information content (AvgIpc) is 3.31. The molecule has 0 saturated carbocycles. The Morgan fingerprint density at radius 2 is 1.80 bits per heavy atom. The van der Waals surface area contributed by atoms with E-state index in [0.29, 0.717) is 25.3 Å². The molecule has 3 aromatic rings. The summed E-state index contributed by atoms with van der Waals surface area (Å²) in [6.45, 7) is 2.91. The molecule has 35 heavy (non-hydrogen) atoms. The third kappa shape index (κ3) is 6.82. The van der Waals surface area contributed by atoms with Gasteiger partial charge < -0.3 is 29.8 Å². The van der Waals surface area contributed by atoms with Crippen molar-refractivity contribution in [1.29, 1.82) is 0 Å². The average molecular weight is 498 g/mol. The third-order valence-electron chi connectivity index (χ3n) is 5.73. The summed E-state index contributed by atoms with van der Waals surface area (Å²) in [5.74, 6) is 0.714. The smallest absolute Gasteiger partial charge is 0.315 e. The van der Waals surface area contributed by atoms with E-state index in [9.17, 15) is 9.90 Å². The second-order valence-electron chi connectivity index (χ2n) is 8.34. The number of rotatable bonds is 9. The molecule has 0 spiro atoms. The molecule has 1 saturated heterocycles. The highest BCUT2D eigenvalue weighted by Crippen LogP contribution is 2.39. The van der Waals surface area contributed by atoms with Crippen molar-refractivity contribution in [2.75, 3.05) is 12.3 Å². The molecule has 9 nitrogen and oxygen atoms in total. The lowest BCUT2D eigenvalue weighted by atomic mass is 10.0. The normalized spacial score (nSPS) is 19.9. The van der Waals surface area contributed by atoms with Gasteiger partial charge in [0, 0.05) is 37.9 Å². The van der Waals surface area contributed by atoms with Gasteiger partial charge in [-0.15, -0.1) is 10.2 Å². The molecule has 2 heterocycles. The van der Waals surface area contributed by atoms with Gasteiger partial charge in [-0.1, -0.05) is 60.3 Å². The van der Waals surface area contributed by atoms with Crippen molar-refractivity contribution in [3.05, 3.63) is 77.1 Å². The van der Waals surface area contributed by atoms with Gasteiger partial charge in [0.25, 0.3) is 0 Å². The maximum atomic E-state index is 11.7. The van der Waals surface area contributed by atoms with E-state index in [4.69, 9.17) is 9.47 Å². The summed E-state index contributed by atoms with van der Waals surface area (Å²) in [6.07, 6.45) is 1.66. The van der Waals surface area contributed by atoms with Crippen LogP contribution in [0.3, 0.4) is 0 Å². The maximum Gasteiger partial charge on any atom is 0.315 e. The molecule has 3 N–H and O–H groups in total. The number of hydrogen-bond donors (Lipinski definition) is 3. The summed E-state index contributed by atoms with van der Waals surface area (Å²) in [7, 11) is 1.92. The minimum atomic E-state index is -0.526. The molecule has 2 amide bonds. The van der Waals surface area contributed by atoms with E-state index < -0.39 is 6.29 Å². The van der Waals surface area contributed by atoms with Crippen molar-refractivity contribution in [3.63, 3.8) is 0 Å². The van der Waals surface area contributed by atoms with Crippen LogP contribution in [-0.4, -0.2) is 44.3 Å². The lowest BCUT2D eigenvalue weighted by Gasteiger charge is -2.36. The van der Waals surface area contributed by atoms with Gasteiger partial charge in [0.1, 0.15) is 6.33 Å². The van der Waals surface area contributed by atoms with Gasteiger partial charge in [-0.2, -0.15) is 0 Å². The molecule has 2 aromatic carbocycles. The molecule has 0 radical (unpaired) electrons. The number of ether oxygens (including phenoxy) is 2. The number of carbonyl (C=O) groups excluding carboxylic acids is 1. The molecule has 1 fully saturated rings. The Bertz CT molecular complexity index is 1090. The van der Waals surface area contributed by atoms with E-state index in [2.05, 4.69) is 20.8 Å². The van der Waals surface area contributed by atoms with Crippen molar-refractivity contribution in [2.24, 2.45) is 7.05 Å². The van der Waals surface area contributed by atoms with Crippen LogP contribution < -0.4 is 10.6 Å². The Morgan fingerprint density at radius 3 is 2.46 bits per heavy atom. The molecule has 186 valence electrons. The third-order valence-corrected chi connectivity index (χ3v) is 6.89. The molecule has 3 atom stereocenters. The Labute approximate surface area is 209 Å². The van der Waals surface area contributed by atoms with Crippen LogP contribution in [-0.2, 0) is 29.7 Å². The number of aliphatic hydroxyl groups excluding tert-OH is 1. The van der Waals surface area contributed by atoms with Gasteiger partial charge in [-0.05, 0) is 23.6 Å². The van der Waals surface area contributed by atoms with E-state index in [1.165, 1.54) is 0 Å². The first kappa shape index (κ1) is 25.2. The number of amides is 2. The lowest BCUT2D eigenvalue weighted by molar-refractivity contribution is -0.245. The summed E-state index contributed by atoms with van der Waals surface area (Å²) in [4.78, 5) is 11.7. The van der Waals surface area contributed by atoms with Crippen molar-refractivity contribution in [3.8, 4) is 0 Å². The number of urea groups is 1. The summed E-state index contributed by atoms with van der Waals surface area (Å²) < 4.78 is 14.6. The summed E-state index contributed by atoms with van der Waals surface area (Å²) in [6, 6.07) is 15.5. The van der Waals surface area contributed by atoms with Crippen LogP contribution in [0.4, 0.5) is 4.79 Å². The van der Waals surface area contributed by atoms with Gasteiger partial charge in [-0.3, -0.25) is 0 Å². The number of benzene rings is 2. The van der Waals surface area contributed by atoms with Crippen molar-refractivity contribution >= 4 is 17.8 Å². The van der Waals surface area contributed by atoms with E-state index in [-0.39, 0.29) is 24.8 Å². The van der Waals surface area contributed by atoms with Crippen molar-refractivity contribution in [1.82, 2.24) is 25.4 Å². The first-order chi connectivity index (χ1) is 17.1. The molecule has 1 aliphatic rings. The lowest BCUT2D eigenvalue weighted by Crippen LogP contribution is -2.34. The second-order valence-corrected chi connectivity index (χ2v) is 9.33. The number of aliphatic hydroxyl groups is 1. The Kier molecular flexibility index (Phi) is 8.75. The number of thioether (sulfide) groups is 1. The number of nitrogens with one attached hydrogen (secondary N) is 2. The monoisotopic (exact) mass is 497 g/mol. The highest BCUT2D eigenvalue weighted by atomic mass is 32.2. The number of carbonyl (C=O) groups is 1. The minimum Gasteiger partial charge on any atom is -0.392 e. The Balaban J connectivity index is 1.47. The summed E-state index contributed by atoms with van der Waals surface area (Å²) >= 11 is 1.61. The van der Waals surface area contributed by atoms with Crippen LogP contribution in [0.2, 0.25) is 0 Å². The van der Waals surface area contributed by atoms with Crippen molar-refractivity contribution in [2.45, 2.75) is 50.2 Å². The highest BCUT2D eigenvalue weighted by Gasteiger charge is 2.32. The van der Waals surface area contributed by atoms with Crippen LogP contribution in [0.25, 0.3) is 0 Å². The van der Waals surface area contributed by atoms with Gasteiger partial charge in [0.2, 0.25) is 0 Å². The van der Waals surface area contributed by atoms with Gasteiger partial charge in [-0.25, -0.2) is 4.79 Å². The standard InChI is InChI=1S/C25H31N5O4S/c1-3-26-24(32)27-13-17-4-10-20(11-5-17)23-33-21(15-35-25-29-28-16-30(25)2)12-22(34-23)19-8-6-18(14-31)7-9-19/h4-11,16,21-23,31H,3,12-15H2,1-2H3,(H2,26,27,32). The molecule has 4 rings (SSSR count). The van der Waals surface area contributed by atoms with E-state index >= 15 is 0 Å².